The van der Waals surface area contributed by atoms with Crippen molar-refractivity contribution < 1.29 is 32.9 Å². The van der Waals surface area contributed by atoms with Crippen LogP contribution < -0.4 is 0 Å². The van der Waals surface area contributed by atoms with E-state index >= 15 is 0 Å². The lowest BCUT2D eigenvalue weighted by Crippen LogP contribution is -2.49. The highest BCUT2D eigenvalue weighted by atomic mass is 19.3. The molecular weight excluding hydrogens is 286 g/mol. The Kier molecular flexibility index (Phi) is 5.88. The minimum atomic E-state index is -4.10. The number of nitro groups is 2. The average molecular weight is 300 g/mol. The van der Waals surface area contributed by atoms with Crippen molar-refractivity contribution in [1.82, 2.24) is 0 Å². The largest absolute Gasteiger partial charge is 0.478 e. The number of carbonyl (C=O) groups is 1. The second kappa shape index (κ2) is 6.50. The lowest BCUT2D eigenvalue weighted by molar-refractivity contribution is -0.795. The number of esters is 1. The molecule has 0 aromatic carbocycles. The fourth-order valence-electron chi connectivity index (χ4n) is 0.938. The molecule has 0 fully saturated rings. The van der Waals surface area contributed by atoms with E-state index in [9.17, 15) is 33.8 Å². The molecule has 0 spiro atoms. The van der Waals surface area contributed by atoms with E-state index in [2.05, 4.69) is 9.47 Å². The topological polar surface area (TPSA) is 122 Å². The van der Waals surface area contributed by atoms with Gasteiger partial charge in [-0.2, -0.15) is 8.78 Å². The molecule has 0 unspecified atom stereocenters. The van der Waals surface area contributed by atoms with Crippen LogP contribution in [-0.2, 0) is 14.3 Å². The number of carbonyl (C=O) groups excluding carboxylic acids is 1. The molecular formula is C9H14F2N2O7. The van der Waals surface area contributed by atoms with Crippen molar-refractivity contribution in [3.8, 4) is 0 Å². The number of ether oxygens (including phenoxy) is 2. The number of alkyl halides is 2. The summed E-state index contributed by atoms with van der Waals surface area (Å²) in [5.74, 6) is -1.28. The van der Waals surface area contributed by atoms with Gasteiger partial charge >= 0.3 is 17.7 Å². The Hall–Kier alpha value is -1.91. The van der Waals surface area contributed by atoms with Gasteiger partial charge in [-0.15, -0.1) is 0 Å². The van der Waals surface area contributed by atoms with Gasteiger partial charge in [-0.05, 0) is 13.8 Å². The third kappa shape index (κ3) is 5.38. The predicted octanol–water partition coefficient (Wildman–Crippen LogP) is 1.21. The molecule has 0 aliphatic carbocycles. The van der Waals surface area contributed by atoms with Crippen molar-refractivity contribution in [3.63, 3.8) is 0 Å². The third-order valence-corrected chi connectivity index (χ3v) is 2.06. The summed E-state index contributed by atoms with van der Waals surface area (Å²) < 4.78 is 34.7. The summed E-state index contributed by atoms with van der Waals surface area (Å²) in [7, 11) is 0. The number of nitrogens with zero attached hydrogens (tertiary/aromatic N) is 2. The number of halogens is 2. The van der Waals surface area contributed by atoms with E-state index in [4.69, 9.17) is 0 Å². The van der Waals surface area contributed by atoms with Crippen LogP contribution in [0, 0.1) is 20.2 Å². The van der Waals surface area contributed by atoms with Gasteiger partial charge in [0.1, 0.15) is 16.3 Å². The molecule has 0 saturated heterocycles. The zero-order chi connectivity index (χ0) is 16.1. The van der Waals surface area contributed by atoms with E-state index in [1.54, 1.807) is 0 Å². The molecule has 0 saturated carbocycles. The smallest absolute Gasteiger partial charge is 0.463 e. The predicted molar refractivity (Wildman–Crippen MR) is 59.1 cm³/mol. The average Bonchev–Trinajstić information content (AvgIpc) is 2.23. The van der Waals surface area contributed by atoms with Gasteiger partial charge < -0.3 is 9.47 Å². The molecule has 0 aromatic heterocycles. The van der Waals surface area contributed by atoms with E-state index in [0.29, 0.717) is 6.92 Å². The molecule has 0 aromatic rings. The van der Waals surface area contributed by atoms with Crippen LogP contribution in [-0.4, -0.2) is 40.3 Å². The molecule has 0 aliphatic heterocycles. The zero-order valence-electron chi connectivity index (χ0n) is 11.0. The first-order valence-electron chi connectivity index (χ1n) is 5.41. The number of rotatable bonds is 8. The van der Waals surface area contributed by atoms with Crippen LogP contribution >= 0.6 is 0 Å². The highest BCUT2D eigenvalue weighted by molar-refractivity contribution is 5.70. The van der Waals surface area contributed by atoms with Crippen molar-refractivity contribution in [2.75, 3.05) is 6.61 Å². The zero-order valence-corrected chi connectivity index (χ0v) is 11.0. The van der Waals surface area contributed by atoms with Gasteiger partial charge in [0, 0.05) is 0 Å². The summed E-state index contributed by atoms with van der Waals surface area (Å²) in [6, 6.07) is 0. The van der Waals surface area contributed by atoms with Gasteiger partial charge in [0.05, 0.1) is 13.0 Å². The summed E-state index contributed by atoms with van der Waals surface area (Å²) in [6.07, 6.45) is -6.21. The van der Waals surface area contributed by atoms with Crippen LogP contribution in [0.1, 0.15) is 27.2 Å². The van der Waals surface area contributed by atoms with Crippen LogP contribution in [0.3, 0.4) is 0 Å². The van der Waals surface area contributed by atoms with Crippen molar-refractivity contribution in [2.24, 2.45) is 0 Å². The first-order valence-corrected chi connectivity index (χ1v) is 5.41. The highest BCUT2D eigenvalue weighted by Gasteiger charge is 2.53. The fourth-order valence-corrected chi connectivity index (χ4v) is 0.938. The third-order valence-electron chi connectivity index (χ3n) is 2.06. The van der Waals surface area contributed by atoms with Crippen molar-refractivity contribution in [2.45, 2.75) is 45.1 Å². The Balaban J connectivity index is 4.65. The Labute approximate surface area is 112 Å². The van der Waals surface area contributed by atoms with Crippen LogP contribution in [0.25, 0.3) is 0 Å². The van der Waals surface area contributed by atoms with E-state index in [-0.39, 0.29) is 0 Å². The maximum absolute atomic E-state index is 13.2. The molecule has 116 valence electrons. The van der Waals surface area contributed by atoms with Gasteiger partial charge in [0.15, 0.2) is 6.61 Å². The Bertz CT molecular complexity index is 386. The van der Waals surface area contributed by atoms with Crippen molar-refractivity contribution in [3.05, 3.63) is 20.2 Å². The maximum atomic E-state index is 13.2. The Morgan fingerprint density at radius 1 is 1.25 bits per heavy atom. The molecule has 0 atom stereocenters. The van der Waals surface area contributed by atoms with Gasteiger partial charge in [0.25, 0.3) is 0 Å². The van der Waals surface area contributed by atoms with E-state index in [1.165, 1.54) is 13.8 Å². The van der Waals surface area contributed by atoms with Crippen LogP contribution in [0.2, 0.25) is 0 Å². The standard InChI is InChI=1S/C9H14F2N2O7/c1-6(2)20-7(14)4-9(10,11)19-5-8(3,12(15)16)13(17)18/h6H,4-5H2,1-3H3. The SMILES string of the molecule is CC(C)OC(=O)CC(F)(F)OCC(C)([N+](=O)[O-])[N+](=O)[O-]. The lowest BCUT2D eigenvalue weighted by atomic mass is 10.2. The van der Waals surface area contributed by atoms with Gasteiger partial charge in [-0.25, -0.2) is 0 Å². The number of hydrogen-bond donors (Lipinski definition) is 0. The molecule has 0 radical (unpaired) electrons. The second-order valence-corrected chi connectivity index (χ2v) is 4.37. The summed E-state index contributed by atoms with van der Waals surface area (Å²) in [6.45, 7) is 1.91. The lowest BCUT2D eigenvalue weighted by Gasteiger charge is -2.19. The Morgan fingerprint density at radius 3 is 2.05 bits per heavy atom. The van der Waals surface area contributed by atoms with Crippen LogP contribution in [0.4, 0.5) is 8.78 Å². The van der Waals surface area contributed by atoms with Crippen molar-refractivity contribution >= 4 is 5.97 Å². The molecule has 0 heterocycles. The molecule has 0 N–H and O–H groups in total. The van der Waals surface area contributed by atoms with E-state index in [1.807, 2.05) is 0 Å². The molecule has 9 nitrogen and oxygen atoms in total. The molecule has 0 bridgehead atoms. The number of hydrogen-bond acceptors (Lipinski definition) is 7. The van der Waals surface area contributed by atoms with E-state index in [0.717, 1.165) is 0 Å². The molecule has 11 heteroatoms. The summed E-state index contributed by atoms with van der Waals surface area (Å²) in [5, 5.41) is 21.0. The molecule has 20 heavy (non-hydrogen) atoms. The minimum absolute atomic E-state index is 0.523. The minimum Gasteiger partial charge on any atom is -0.463 e. The summed E-state index contributed by atoms with van der Waals surface area (Å²) in [5.41, 5.74) is -2.93. The van der Waals surface area contributed by atoms with Gasteiger partial charge in [-0.3, -0.25) is 25.0 Å². The van der Waals surface area contributed by atoms with Gasteiger partial charge in [-0.1, -0.05) is 0 Å². The van der Waals surface area contributed by atoms with E-state index < -0.39 is 46.7 Å². The normalized spacial score (nSPS) is 12.3. The fraction of sp³-hybridized carbons (Fsp3) is 0.889. The van der Waals surface area contributed by atoms with Crippen LogP contribution in [0.15, 0.2) is 0 Å². The van der Waals surface area contributed by atoms with Crippen molar-refractivity contribution in [1.29, 1.82) is 0 Å². The quantitative estimate of drug-likeness (QED) is 0.286. The van der Waals surface area contributed by atoms with Crippen LogP contribution in [0.5, 0.6) is 0 Å². The monoisotopic (exact) mass is 300 g/mol. The molecule has 0 rings (SSSR count). The molecule has 0 aliphatic rings. The first kappa shape index (κ1) is 18.1. The summed E-state index contributed by atoms with van der Waals surface area (Å²) >= 11 is 0. The first-order chi connectivity index (χ1) is 8.90. The highest BCUT2D eigenvalue weighted by Crippen LogP contribution is 2.24. The maximum Gasteiger partial charge on any atom is 0.478 e. The van der Waals surface area contributed by atoms with Gasteiger partial charge in [0.2, 0.25) is 0 Å². The second-order valence-electron chi connectivity index (χ2n) is 4.37. The Morgan fingerprint density at radius 2 is 1.70 bits per heavy atom. The molecule has 0 amide bonds. The summed E-state index contributed by atoms with van der Waals surface area (Å²) in [4.78, 5) is 29.3.